The van der Waals surface area contributed by atoms with Crippen molar-refractivity contribution in [2.24, 2.45) is 0 Å². The van der Waals surface area contributed by atoms with Crippen LogP contribution in [0.5, 0.6) is 0 Å². The molecule has 5 heteroatoms. The number of carbonyl (C=O) groups excluding carboxylic acids is 1. The molecule has 0 saturated heterocycles. The van der Waals surface area contributed by atoms with Gasteiger partial charge in [0.05, 0.1) is 6.42 Å². The number of nitrogens with zero attached hydrogens (tertiary/aromatic N) is 1. The number of likely N-dealkylation sites (N-methyl/N-ethyl adjacent to an activating group) is 1. The molecule has 0 spiro atoms. The maximum Gasteiger partial charge on any atom is 0.229 e. The number of rotatable bonds is 4. The number of aromatic nitrogens is 1. The summed E-state index contributed by atoms with van der Waals surface area (Å²) < 4.78 is 0. The van der Waals surface area contributed by atoms with Gasteiger partial charge in [-0.15, -0.1) is 11.3 Å². The number of benzene rings is 1. The van der Waals surface area contributed by atoms with Gasteiger partial charge >= 0.3 is 0 Å². The number of amides is 1. The smallest absolute Gasteiger partial charge is 0.229 e. The van der Waals surface area contributed by atoms with Crippen LogP contribution in [-0.4, -0.2) is 35.9 Å². The van der Waals surface area contributed by atoms with Crippen LogP contribution in [0.15, 0.2) is 35.7 Å². The summed E-state index contributed by atoms with van der Waals surface area (Å²) in [4.78, 5) is 19.2. The Morgan fingerprint density at radius 1 is 1.36 bits per heavy atom. The Morgan fingerprint density at radius 2 is 2.24 bits per heavy atom. The summed E-state index contributed by atoms with van der Waals surface area (Å²) in [7, 11) is 4.31. The summed E-state index contributed by atoms with van der Waals surface area (Å²) in [5, 5.41) is 6.29. The zero-order chi connectivity index (χ0) is 17.4. The minimum absolute atomic E-state index is 0.0392. The third-order valence-corrected chi connectivity index (χ3v) is 5.97. The second kappa shape index (κ2) is 6.65. The molecule has 2 heterocycles. The van der Waals surface area contributed by atoms with Crippen LogP contribution in [0.25, 0.3) is 10.9 Å². The molecule has 0 saturated carbocycles. The van der Waals surface area contributed by atoms with E-state index in [1.165, 1.54) is 28.6 Å². The lowest BCUT2D eigenvalue weighted by atomic mass is 9.91. The number of aryl methyl sites for hydroxylation is 1. The van der Waals surface area contributed by atoms with E-state index in [4.69, 9.17) is 0 Å². The number of hydrogen-bond acceptors (Lipinski definition) is 3. The molecule has 1 aliphatic carbocycles. The molecule has 2 N–H and O–H groups in total. The molecule has 4 nitrogen and oxygen atoms in total. The molecule has 1 aromatic carbocycles. The first-order valence-electron chi connectivity index (χ1n) is 8.72. The first kappa shape index (κ1) is 16.4. The second-order valence-corrected chi connectivity index (χ2v) is 8.04. The van der Waals surface area contributed by atoms with Crippen molar-refractivity contribution in [3.63, 3.8) is 0 Å². The fourth-order valence-corrected chi connectivity index (χ4v) is 4.40. The van der Waals surface area contributed by atoms with Crippen molar-refractivity contribution >= 4 is 33.8 Å². The molecule has 1 aliphatic rings. The lowest BCUT2D eigenvalue weighted by molar-refractivity contribution is -0.115. The van der Waals surface area contributed by atoms with Gasteiger partial charge in [-0.3, -0.25) is 4.79 Å². The lowest BCUT2D eigenvalue weighted by Crippen LogP contribution is -2.33. The van der Waals surface area contributed by atoms with Gasteiger partial charge in [0, 0.05) is 33.2 Å². The van der Waals surface area contributed by atoms with Crippen molar-refractivity contribution in [2.75, 3.05) is 19.4 Å². The molecule has 130 valence electrons. The molecule has 0 radical (unpaired) electrons. The highest BCUT2D eigenvalue weighted by Crippen LogP contribution is 2.32. The highest BCUT2D eigenvalue weighted by atomic mass is 32.1. The molecule has 0 fully saturated rings. The summed E-state index contributed by atoms with van der Waals surface area (Å²) in [6, 6.07) is 10.8. The summed E-state index contributed by atoms with van der Waals surface area (Å²) in [5.74, 6) is 0.0392. The van der Waals surface area contributed by atoms with Gasteiger partial charge in [0.15, 0.2) is 0 Å². The van der Waals surface area contributed by atoms with E-state index < -0.39 is 0 Å². The van der Waals surface area contributed by atoms with Crippen LogP contribution in [0.2, 0.25) is 0 Å². The molecule has 1 atom stereocenters. The molecule has 2 aromatic heterocycles. The fourth-order valence-electron chi connectivity index (χ4n) is 3.69. The first-order chi connectivity index (χ1) is 12.1. The third-order valence-electron chi connectivity index (χ3n) is 5.09. The number of H-pyrrole nitrogens is 1. The van der Waals surface area contributed by atoms with Gasteiger partial charge in [0.1, 0.15) is 0 Å². The molecule has 25 heavy (non-hydrogen) atoms. The van der Waals surface area contributed by atoms with Gasteiger partial charge in [0.25, 0.3) is 0 Å². The van der Waals surface area contributed by atoms with Crippen LogP contribution in [0.1, 0.15) is 22.6 Å². The Bertz CT molecular complexity index is 895. The van der Waals surface area contributed by atoms with Crippen LogP contribution >= 0.6 is 11.3 Å². The average Bonchev–Trinajstić information content (AvgIpc) is 3.21. The van der Waals surface area contributed by atoms with Crippen molar-refractivity contribution in [2.45, 2.75) is 31.7 Å². The Morgan fingerprint density at radius 3 is 3.00 bits per heavy atom. The van der Waals surface area contributed by atoms with E-state index in [0.717, 1.165) is 23.4 Å². The largest absolute Gasteiger partial charge is 0.358 e. The number of hydrogen-bond donors (Lipinski definition) is 2. The van der Waals surface area contributed by atoms with E-state index >= 15 is 0 Å². The lowest BCUT2D eigenvalue weighted by Gasteiger charge is -2.28. The molecular formula is C20H23N3OS. The number of carbonyl (C=O) groups is 1. The van der Waals surface area contributed by atoms with Crippen LogP contribution in [-0.2, 0) is 24.1 Å². The highest BCUT2D eigenvalue weighted by Gasteiger charge is 2.23. The number of fused-ring (bicyclic) bond motifs is 3. The molecule has 1 unspecified atom stereocenters. The average molecular weight is 353 g/mol. The van der Waals surface area contributed by atoms with E-state index in [1.54, 1.807) is 11.3 Å². The molecular weight excluding hydrogens is 330 g/mol. The maximum atomic E-state index is 12.3. The first-order valence-corrected chi connectivity index (χ1v) is 9.60. The predicted octanol–water partition coefficient (Wildman–Crippen LogP) is 3.83. The van der Waals surface area contributed by atoms with E-state index in [-0.39, 0.29) is 5.91 Å². The maximum absolute atomic E-state index is 12.3. The van der Waals surface area contributed by atoms with Gasteiger partial charge in [-0.25, -0.2) is 0 Å². The number of nitrogens with one attached hydrogen (secondary N) is 2. The van der Waals surface area contributed by atoms with Crippen molar-refractivity contribution < 1.29 is 4.79 Å². The Balaban J connectivity index is 1.57. The number of thiophene rings is 1. The summed E-state index contributed by atoms with van der Waals surface area (Å²) >= 11 is 1.62. The van der Waals surface area contributed by atoms with E-state index in [1.807, 2.05) is 23.6 Å². The van der Waals surface area contributed by atoms with Gasteiger partial charge in [-0.2, -0.15) is 0 Å². The highest BCUT2D eigenvalue weighted by molar-refractivity contribution is 7.10. The van der Waals surface area contributed by atoms with Crippen molar-refractivity contribution in [3.05, 3.63) is 51.8 Å². The normalized spacial score (nSPS) is 17.0. The Kier molecular flexibility index (Phi) is 4.36. The Hall–Kier alpha value is -2.11. The SMILES string of the molecule is CN(C)C1CCc2[nH]c3ccc(NC(=O)Cc4cccs4)cc3c2C1. The standard InChI is InChI=1S/C20H23N3OS/c1-23(2)14-6-8-19-17(11-14)16-10-13(5-7-18(16)22-19)21-20(24)12-15-4-3-9-25-15/h3-5,7,9-10,14,22H,6,8,11-12H2,1-2H3,(H,21,24). The quantitative estimate of drug-likeness (QED) is 0.749. The fraction of sp³-hybridized carbons (Fsp3) is 0.350. The second-order valence-electron chi connectivity index (χ2n) is 7.01. The number of anilines is 1. The third kappa shape index (κ3) is 3.34. The minimum Gasteiger partial charge on any atom is -0.358 e. The minimum atomic E-state index is 0.0392. The monoisotopic (exact) mass is 353 g/mol. The molecule has 0 aliphatic heterocycles. The van der Waals surface area contributed by atoms with E-state index in [2.05, 4.69) is 41.4 Å². The zero-order valence-electron chi connectivity index (χ0n) is 14.6. The summed E-state index contributed by atoms with van der Waals surface area (Å²) in [6.07, 6.45) is 3.78. The van der Waals surface area contributed by atoms with Crippen molar-refractivity contribution in [3.8, 4) is 0 Å². The van der Waals surface area contributed by atoms with Crippen LogP contribution in [0, 0.1) is 0 Å². The van der Waals surface area contributed by atoms with Crippen LogP contribution < -0.4 is 5.32 Å². The topological polar surface area (TPSA) is 48.1 Å². The van der Waals surface area contributed by atoms with E-state index in [9.17, 15) is 4.79 Å². The van der Waals surface area contributed by atoms with Crippen LogP contribution in [0.4, 0.5) is 5.69 Å². The molecule has 3 aromatic rings. The predicted molar refractivity (Wildman–Crippen MR) is 104 cm³/mol. The number of aromatic amines is 1. The van der Waals surface area contributed by atoms with Gasteiger partial charge in [-0.1, -0.05) is 6.07 Å². The summed E-state index contributed by atoms with van der Waals surface area (Å²) in [5.41, 5.74) is 4.81. The zero-order valence-corrected chi connectivity index (χ0v) is 15.5. The molecule has 4 rings (SSSR count). The van der Waals surface area contributed by atoms with Crippen LogP contribution in [0.3, 0.4) is 0 Å². The summed E-state index contributed by atoms with van der Waals surface area (Å²) in [6.45, 7) is 0. The van der Waals surface area contributed by atoms with Gasteiger partial charge in [-0.05, 0) is 68.6 Å². The van der Waals surface area contributed by atoms with Gasteiger partial charge in [0.2, 0.25) is 5.91 Å². The van der Waals surface area contributed by atoms with Crippen molar-refractivity contribution in [1.29, 1.82) is 0 Å². The Labute approximate surface area is 151 Å². The van der Waals surface area contributed by atoms with E-state index in [0.29, 0.717) is 12.5 Å². The van der Waals surface area contributed by atoms with Gasteiger partial charge < -0.3 is 15.2 Å². The molecule has 0 bridgehead atoms. The van der Waals surface area contributed by atoms with Crippen molar-refractivity contribution in [1.82, 2.24) is 9.88 Å². The molecule has 1 amide bonds.